The summed E-state index contributed by atoms with van der Waals surface area (Å²) in [5.74, 6) is -0.796. The lowest BCUT2D eigenvalue weighted by Gasteiger charge is -2.12. The lowest BCUT2D eigenvalue weighted by atomic mass is 10.0. The van der Waals surface area contributed by atoms with Crippen molar-refractivity contribution in [2.45, 2.75) is 46.3 Å². The van der Waals surface area contributed by atoms with Gasteiger partial charge in [0.2, 0.25) is 5.78 Å². The molecule has 0 saturated carbocycles. The van der Waals surface area contributed by atoms with Crippen LogP contribution in [0.5, 0.6) is 0 Å². The highest BCUT2D eigenvalue weighted by Crippen LogP contribution is 2.28. The van der Waals surface area contributed by atoms with Crippen molar-refractivity contribution in [3.8, 4) is 0 Å². The SMILES string of the molecule is CCCCCC(I)C(=NOC(=O)c1ccccc1)C(=O)c1ccc(Sc2ccccc2)cc1. The van der Waals surface area contributed by atoms with Crippen LogP contribution in [0.2, 0.25) is 0 Å². The Morgan fingerprint density at radius 2 is 1.45 bits per heavy atom. The number of ketones is 1. The van der Waals surface area contributed by atoms with E-state index in [0.29, 0.717) is 11.1 Å². The molecule has 3 aromatic rings. The molecule has 4 nitrogen and oxygen atoms in total. The topological polar surface area (TPSA) is 55.7 Å². The standard InChI is InChI=1S/C27H26INO3S/c1-2-3-6-15-24(28)25(29-32-27(31)21-11-7-4-8-12-21)26(30)20-16-18-23(19-17-20)33-22-13-9-5-10-14-22/h4-5,7-14,16-19,24H,2-3,6,15H2,1H3. The summed E-state index contributed by atoms with van der Waals surface area (Å²) >= 11 is 3.86. The van der Waals surface area contributed by atoms with Gasteiger partial charge in [-0.25, -0.2) is 4.79 Å². The number of carbonyl (C=O) groups is 2. The van der Waals surface area contributed by atoms with Crippen molar-refractivity contribution in [2.24, 2.45) is 5.16 Å². The Hall–Kier alpha value is -2.45. The summed E-state index contributed by atoms with van der Waals surface area (Å²) in [6.07, 6.45) is 3.95. The Morgan fingerprint density at radius 1 is 0.848 bits per heavy atom. The third-order valence-electron chi connectivity index (χ3n) is 4.92. The van der Waals surface area contributed by atoms with E-state index in [1.165, 1.54) is 0 Å². The van der Waals surface area contributed by atoms with Gasteiger partial charge in [-0.1, -0.05) is 102 Å². The van der Waals surface area contributed by atoms with Gasteiger partial charge in [0.25, 0.3) is 0 Å². The molecular weight excluding hydrogens is 545 g/mol. The molecule has 0 fully saturated rings. The number of unbranched alkanes of at least 4 members (excludes halogenated alkanes) is 2. The number of halogens is 1. The normalized spacial score (nSPS) is 12.2. The van der Waals surface area contributed by atoms with Crippen LogP contribution in [-0.4, -0.2) is 21.4 Å². The van der Waals surface area contributed by atoms with Crippen LogP contribution in [0.15, 0.2) is 99.9 Å². The Bertz CT molecular complexity index is 1070. The first-order valence-electron chi connectivity index (χ1n) is 10.9. The third kappa shape index (κ3) is 7.82. The summed E-state index contributed by atoms with van der Waals surface area (Å²) in [5, 5.41) is 4.05. The molecule has 0 amide bonds. The molecule has 1 atom stereocenters. The number of hydrogen-bond donors (Lipinski definition) is 0. The molecule has 0 heterocycles. The van der Waals surface area contributed by atoms with Crippen LogP contribution in [-0.2, 0) is 4.84 Å². The van der Waals surface area contributed by atoms with E-state index in [1.807, 2.05) is 48.5 Å². The zero-order chi connectivity index (χ0) is 23.5. The van der Waals surface area contributed by atoms with Crippen molar-refractivity contribution in [2.75, 3.05) is 0 Å². The first-order valence-corrected chi connectivity index (χ1v) is 13.0. The molecule has 0 aliphatic heterocycles. The van der Waals surface area contributed by atoms with Gasteiger partial charge < -0.3 is 4.84 Å². The number of alkyl halides is 1. The van der Waals surface area contributed by atoms with E-state index in [-0.39, 0.29) is 15.4 Å². The maximum absolute atomic E-state index is 13.3. The lowest BCUT2D eigenvalue weighted by Crippen LogP contribution is -2.25. The van der Waals surface area contributed by atoms with Crippen molar-refractivity contribution in [1.82, 2.24) is 0 Å². The second kappa shape index (κ2) is 13.3. The number of carbonyl (C=O) groups excluding carboxylic acids is 2. The number of hydrogen-bond acceptors (Lipinski definition) is 5. The largest absolute Gasteiger partial charge is 0.365 e. The molecule has 0 saturated heterocycles. The van der Waals surface area contributed by atoms with Crippen LogP contribution in [0.3, 0.4) is 0 Å². The number of nitrogens with zero attached hydrogens (tertiary/aromatic N) is 1. The van der Waals surface area contributed by atoms with Gasteiger partial charge in [-0.2, -0.15) is 0 Å². The molecule has 0 bridgehead atoms. The van der Waals surface area contributed by atoms with Gasteiger partial charge in [-0.15, -0.1) is 0 Å². The van der Waals surface area contributed by atoms with Gasteiger partial charge in [0.15, 0.2) is 0 Å². The van der Waals surface area contributed by atoms with Gasteiger partial charge >= 0.3 is 5.97 Å². The molecule has 0 N–H and O–H groups in total. The minimum absolute atomic E-state index is 0.149. The maximum Gasteiger partial charge on any atom is 0.365 e. The Kier molecular flexibility index (Phi) is 10.2. The van der Waals surface area contributed by atoms with Crippen LogP contribution >= 0.6 is 34.4 Å². The van der Waals surface area contributed by atoms with Crippen LogP contribution in [0.1, 0.15) is 53.3 Å². The average molecular weight is 571 g/mol. The molecule has 3 rings (SSSR count). The quantitative estimate of drug-likeness (QED) is 0.0452. The number of oxime groups is 1. The van der Waals surface area contributed by atoms with Crippen LogP contribution in [0, 0.1) is 0 Å². The molecule has 0 spiro atoms. The zero-order valence-corrected chi connectivity index (χ0v) is 21.4. The summed E-state index contributed by atoms with van der Waals surface area (Å²) in [6.45, 7) is 2.14. The highest BCUT2D eigenvalue weighted by Gasteiger charge is 2.23. The molecule has 0 radical (unpaired) electrons. The van der Waals surface area contributed by atoms with E-state index in [9.17, 15) is 9.59 Å². The minimum atomic E-state index is -0.576. The van der Waals surface area contributed by atoms with E-state index >= 15 is 0 Å². The monoisotopic (exact) mass is 571 g/mol. The molecule has 170 valence electrons. The van der Waals surface area contributed by atoms with E-state index in [0.717, 1.165) is 35.5 Å². The van der Waals surface area contributed by atoms with Crippen molar-refractivity contribution in [3.63, 3.8) is 0 Å². The number of rotatable bonds is 11. The fraction of sp³-hybridized carbons (Fsp3) is 0.222. The van der Waals surface area contributed by atoms with E-state index in [2.05, 4.69) is 34.7 Å². The summed E-state index contributed by atoms with van der Waals surface area (Å²) < 4.78 is -0.149. The fourth-order valence-electron chi connectivity index (χ4n) is 3.12. The Balaban J connectivity index is 1.76. The molecule has 0 aliphatic rings. The molecule has 6 heteroatoms. The molecule has 0 aliphatic carbocycles. The van der Waals surface area contributed by atoms with E-state index < -0.39 is 5.97 Å². The van der Waals surface area contributed by atoms with Gasteiger partial charge in [0.05, 0.1) is 9.49 Å². The van der Waals surface area contributed by atoms with Crippen LogP contribution in [0.4, 0.5) is 0 Å². The van der Waals surface area contributed by atoms with Crippen molar-refractivity contribution < 1.29 is 14.4 Å². The third-order valence-corrected chi connectivity index (χ3v) is 7.15. The Labute approximate surface area is 213 Å². The van der Waals surface area contributed by atoms with E-state index in [4.69, 9.17) is 4.84 Å². The van der Waals surface area contributed by atoms with Gasteiger partial charge in [0.1, 0.15) is 5.71 Å². The first kappa shape index (κ1) is 25.2. The molecular formula is C27H26INO3S. The van der Waals surface area contributed by atoms with Crippen LogP contribution in [0.25, 0.3) is 0 Å². The summed E-state index contributed by atoms with van der Waals surface area (Å²) in [6, 6.07) is 26.2. The second-order valence-corrected chi connectivity index (χ2v) is 10.1. The van der Waals surface area contributed by atoms with E-state index in [1.54, 1.807) is 48.2 Å². The summed E-state index contributed by atoms with van der Waals surface area (Å²) in [5.41, 5.74) is 1.19. The van der Waals surface area contributed by atoms with Crippen molar-refractivity contribution in [3.05, 3.63) is 96.1 Å². The molecule has 1 unspecified atom stereocenters. The highest BCUT2D eigenvalue weighted by atomic mass is 127. The summed E-state index contributed by atoms with van der Waals surface area (Å²) in [4.78, 5) is 33.0. The zero-order valence-electron chi connectivity index (χ0n) is 18.4. The summed E-state index contributed by atoms with van der Waals surface area (Å²) in [7, 11) is 0. The van der Waals surface area contributed by atoms with Gasteiger partial charge in [0, 0.05) is 15.4 Å². The van der Waals surface area contributed by atoms with Gasteiger partial charge in [-0.05, 0) is 55.0 Å². The maximum atomic E-state index is 13.3. The first-order chi connectivity index (χ1) is 16.1. The highest BCUT2D eigenvalue weighted by molar-refractivity contribution is 14.1. The minimum Gasteiger partial charge on any atom is -0.312 e. The molecule has 33 heavy (non-hydrogen) atoms. The number of benzene rings is 3. The Morgan fingerprint density at radius 3 is 2.09 bits per heavy atom. The molecule has 3 aromatic carbocycles. The lowest BCUT2D eigenvalue weighted by molar-refractivity contribution is 0.0515. The smallest absolute Gasteiger partial charge is 0.312 e. The predicted molar refractivity (Wildman–Crippen MR) is 143 cm³/mol. The number of Topliss-reactive ketones (excluding diaryl/α,β-unsaturated/α-hetero) is 1. The average Bonchev–Trinajstić information content (AvgIpc) is 2.85. The fourth-order valence-corrected chi connectivity index (χ4v) is 4.79. The van der Waals surface area contributed by atoms with Crippen molar-refractivity contribution >= 4 is 51.8 Å². The second-order valence-electron chi connectivity index (χ2n) is 7.45. The van der Waals surface area contributed by atoms with Crippen molar-refractivity contribution in [1.29, 1.82) is 0 Å². The predicted octanol–water partition coefficient (Wildman–Crippen LogP) is 7.62. The van der Waals surface area contributed by atoms with Crippen LogP contribution < -0.4 is 0 Å². The van der Waals surface area contributed by atoms with Gasteiger partial charge in [-0.3, -0.25) is 4.79 Å². The molecule has 0 aromatic heterocycles.